The van der Waals surface area contributed by atoms with E-state index in [9.17, 15) is 24.0 Å². The molecule has 0 aromatic rings. The van der Waals surface area contributed by atoms with Crippen molar-refractivity contribution in [3.63, 3.8) is 0 Å². The summed E-state index contributed by atoms with van der Waals surface area (Å²) in [6, 6.07) is 0. The van der Waals surface area contributed by atoms with Crippen LogP contribution in [0, 0.1) is 59.2 Å². The molecule has 24 unspecified atom stereocenters. The number of thioether (sulfide) groups is 1. The van der Waals surface area contributed by atoms with E-state index in [1.807, 2.05) is 67.2 Å². The molecule has 17 fully saturated rings. The fourth-order valence-corrected chi connectivity index (χ4v) is 17.5. The van der Waals surface area contributed by atoms with E-state index >= 15 is 0 Å². The Labute approximate surface area is 425 Å². The van der Waals surface area contributed by atoms with Gasteiger partial charge in [0.25, 0.3) is 0 Å². The smallest absolute Gasteiger partial charge is 0.427 e. The Balaban J connectivity index is 0.000000114. The van der Waals surface area contributed by atoms with E-state index in [1.54, 1.807) is 0 Å². The van der Waals surface area contributed by atoms with Gasteiger partial charge in [0.05, 0.1) is 12.2 Å². The standard InChI is InChI=1S/C13H16O3.2C8H10O3.C7H8O4.C7H8O3S.C3H8.4C2H6/c14-13-15-11-7-4-8(12(11)16-13)10-6-2-1-5(3-6)9(7)10;2*9-8-10-6-4-1-2-5(3-4)7(6)11-8;8-7-10-5-3-1-2-4(9-3)6(5)11-7;8-7-9-5-3-1-2-4(11-3)6(5)10-7;1-3-2;4*1-2/h5-12H,1-4H2;2*4-7H,1-3H2;2*3-6H,1-2H2;3H2,1-2H3;4*1-2H3. The van der Waals surface area contributed by atoms with Gasteiger partial charge >= 0.3 is 30.8 Å². The highest BCUT2D eigenvalue weighted by molar-refractivity contribution is 8.01. The topological polar surface area (TPSA) is 187 Å². The van der Waals surface area contributed by atoms with Gasteiger partial charge in [-0.05, 0) is 114 Å². The van der Waals surface area contributed by atoms with E-state index in [0.29, 0.717) is 46.0 Å². The van der Waals surface area contributed by atoms with E-state index in [4.69, 9.17) is 52.1 Å². The van der Waals surface area contributed by atoms with Crippen molar-refractivity contribution in [3.05, 3.63) is 0 Å². The second-order valence-corrected chi connectivity index (χ2v) is 22.6. The van der Waals surface area contributed by atoms with Crippen molar-refractivity contribution in [2.75, 3.05) is 0 Å². The highest BCUT2D eigenvalue weighted by Crippen LogP contribution is 2.69. The first-order valence-electron chi connectivity index (χ1n) is 28.3. The lowest BCUT2D eigenvalue weighted by molar-refractivity contribution is 0.00878. The van der Waals surface area contributed by atoms with Crippen LogP contribution in [-0.2, 0) is 52.1 Å². The molecule has 0 radical (unpaired) electrons. The van der Waals surface area contributed by atoms with E-state index in [1.165, 1.54) is 83.5 Å². The van der Waals surface area contributed by atoms with Gasteiger partial charge in [0.2, 0.25) is 0 Å². The molecule has 0 spiro atoms. The van der Waals surface area contributed by atoms with Gasteiger partial charge in [0.15, 0.2) is 24.4 Å². The number of hydrogen-bond donors (Lipinski definition) is 0. The first-order chi connectivity index (χ1) is 34.6. The summed E-state index contributed by atoms with van der Waals surface area (Å²) in [6.07, 6.45) is 17.1. The van der Waals surface area contributed by atoms with Gasteiger partial charge in [0, 0.05) is 46.0 Å². The minimum atomic E-state index is -0.528. The van der Waals surface area contributed by atoms with E-state index in [-0.39, 0.29) is 73.2 Å². The largest absolute Gasteiger partial charge is 0.509 e. The molecule has 71 heavy (non-hydrogen) atoms. The third-order valence-electron chi connectivity index (χ3n) is 17.9. The lowest BCUT2D eigenvalue weighted by Crippen LogP contribution is -2.42. The summed E-state index contributed by atoms with van der Waals surface area (Å²) in [5.41, 5.74) is 0. The lowest BCUT2D eigenvalue weighted by Gasteiger charge is -2.38. The number of fused-ring (bicyclic) bond motifs is 32. The normalized spacial score (nSPS) is 47.4. The molecule has 24 atom stereocenters. The predicted octanol–water partition coefficient (Wildman–Crippen LogP) is 12.0. The molecule has 8 aliphatic carbocycles. The summed E-state index contributed by atoms with van der Waals surface area (Å²) in [4.78, 5) is 54.1. The monoisotopic (exact) mass is 1020 g/mol. The maximum Gasteiger partial charge on any atom is 0.509 e. The summed E-state index contributed by atoms with van der Waals surface area (Å²) < 4.78 is 56.4. The average molecular weight is 1020 g/mol. The molecule has 0 N–H and O–H groups in total. The van der Waals surface area contributed by atoms with Crippen LogP contribution in [0.3, 0.4) is 0 Å². The summed E-state index contributed by atoms with van der Waals surface area (Å²) in [6.45, 7) is 20.2. The molecule has 17 rings (SSSR count). The third kappa shape index (κ3) is 10.2. The van der Waals surface area contributed by atoms with Crippen LogP contribution in [0.1, 0.15) is 166 Å². The van der Waals surface area contributed by atoms with Crippen LogP contribution < -0.4 is 0 Å². The van der Waals surface area contributed by atoms with Crippen LogP contribution in [-0.4, -0.2) is 115 Å². The summed E-state index contributed by atoms with van der Waals surface area (Å²) in [5.74, 6) is 7.36. The van der Waals surface area contributed by atoms with Gasteiger partial charge in [-0.3, -0.25) is 0 Å². The number of hydrogen-bond acceptors (Lipinski definition) is 17. The van der Waals surface area contributed by atoms with Gasteiger partial charge in [-0.15, -0.1) is 11.8 Å². The first-order valence-corrected chi connectivity index (χ1v) is 29.2. The zero-order valence-electron chi connectivity index (χ0n) is 43.9. The molecule has 0 aromatic heterocycles. The quantitative estimate of drug-likeness (QED) is 0.126. The number of carbonyl (C=O) groups excluding carboxylic acids is 5. The second-order valence-electron chi connectivity index (χ2n) is 21.1. The Morgan fingerprint density at radius 1 is 0.338 bits per heavy atom. The Hall–Kier alpha value is -3.34. The lowest BCUT2D eigenvalue weighted by atomic mass is 9.69. The van der Waals surface area contributed by atoms with Gasteiger partial charge in [-0.1, -0.05) is 75.7 Å². The molecular weight excluding hydrogens is 937 g/mol. The van der Waals surface area contributed by atoms with Gasteiger partial charge < -0.3 is 52.1 Å². The fraction of sp³-hybridized carbons (Fsp3) is 0.907. The third-order valence-corrected chi connectivity index (χ3v) is 19.6. The molecular formula is C54H84O16S. The van der Waals surface area contributed by atoms with E-state index < -0.39 is 30.8 Å². The maximum atomic E-state index is 11.2. The second kappa shape index (κ2) is 23.5. The minimum absolute atomic E-state index is 0.0752. The minimum Gasteiger partial charge on any atom is -0.427 e. The molecule has 0 amide bonds. The van der Waals surface area contributed by atoms with Crippen LogP contribution in [0.5, 0.6) is 0 Å². The summed E-state index contributed by atoms with van der Waals surface area (Å²) in [5, 5.41) is 1.05. The molecule has 17 aliphatic rings. The zero-order chi connectivity index (χ0) is 50.8. The molecule has 12 bridgehead atoms. The van der Waals surface area contributed by atoms with Crippen molar-refractivity contribution in [1.82, 2.24) is 0 Å². The molecule has 9 saturated heterocycles. The highest BCUT2D eigenvalue weighted by Gasteiger charge is 2.70. The SMILES string of the molecule is CC.CC.CC.CC.CCC.O=C1OC2C3CC(C2O1)C1C2CCC(C2)C31.O=C1OC2C3CCC(C3)C2O1.O=C1OC2C3CCC(C3)C2O1.O=C1OC2C3CCC(O3)C2O1.O=C1OC2C3CCC(S3)C2O1. The molecule has 9 heterocycles. The average Bonchev–Trinajstić information content (AvgIpc) is 4.18. The Morgan fingerprint density at radius 2 is 0.606 bits per heavy atom. The van der Waals surface area contributed by atoms with Crippen molar-refractivity contribution in [3.8, 4) is 0 Å². The molecule has 0 aromatic carbocycles. The first kappa shape index (κ1) is 53.9. The van der Waals surface area contributed by atoms with Crippen LogP contribution in [0.4, 0.5) is 24.0 Å². The van der Waals surface area contributed by atoms with Crippen molar-refractivity contribution in [2.24, 2.45) is 59.2 Å². The van der Waals surface area contributed by atoms with Crippen LogP contribution in [0.25, 0.3) is 0 Å². The summed E-state index contributed by atoms with van der Waals surface area (Å²) >= 11 is 1.92. The Kier molecular flexibility index (Phi) is 17.8. The van der Waals surface area contributed by atoms with Crippen LogP contribution in [0.15, 0.2) is 0 Å². The molecule has 17 heteroatoms. The molecule has 16 nitrogen and oxygen atoms in total. The molecule has 402 valence electrons. The van der Waals surface area contributed by atoms with Crippen molar-refractivity contribution in [1.29, 1.82) is 0 Å². The Morgan fingerprint density at radius 3 is 0.944 bits per heavy atom. The summed E-state index contributed by atoms with van der Waals surface area (Å²) in [7, 11) is 0. The number of ether oxygens (including phenoxy) is 11. The van der Waals surface area contributed by atoms with Crippen molar-refractivity contribution >= 4 is 42.5 Å². The van der Waals surface area contributed by atoms with Crippen LogP contribution in [0.2, 0.25) is 0 Å². The Bertz CT molecular complexity index is 1550. The predicted molar refractivity (Wildman–Crippen MR) is 260 cm³/mol. The van der Waals surface area contributed by atoms with Gasteiger partial charge in [0.1, 0.15) is 36.6 Å². The highest BCUT2D eigenvalue weighted by atomic mass is 32.2. The maximum absolute atomic E-state index is 11.2. The van der Waals surface area contributed by atoms with Crippen LogP contribution >= 0.6 is 11.8 Å². The van der Waals surface area contributed by atoms with Gasteiger partial charge in [-0.2, -0.15) is 0 Å². The zero-order valence-corrected chi connectivity index (χ0v) is 44.7. The molecule has 9 aliphatic heterocycles. The van der Waals surface area contributed by atoms with E-state index in [2.05, 4.69) is 13.8 Å². The van der Waals surface area contributed by atoms with E-state index in [0.717, 1.165) is 36.5 Å². The molecule has 8 saturated carbocycles. The number of carbonyl (C=O) groups is 5. The van der Waals surface area contributed by atoms with Crippen molar-refractivity contribution < 1.29 is 76.1 Å². The number of rotatable bonds is 0. The van der Waals surface area contributed by atoms with Gasteiger partial charge in [-0.25, -0.2) is 24.0 Å². The fourth-order valence-electron chi connectivity index (χ4n) is 15.8. The van der Waals surface area contributed by atoms with Crippen molar-refractivity contribution in [2.45, 2.75) is 249 Å².